The Balaban J connectivity index is 1.57. The number of aromatic nitrogens is 3. The summed E-state index contributed by atoms with van der Waals surface area (Å²) in [4.78, 5) is 4.46. The lowest BCUT2D eigenvalue weighted by Crippen LogP contribution is -2.20. The molecule has 0 bridgehead atoms. The molecule has 112 valence electrons. The van der Waals surface area contributed by atoms with Gasteiger partial charge < -0.3 is 15.1 Å². The summed E-state index contributed by atoms with van der Waals surface area (Å²) in [5, 5.41) is 14.7. The zero-order valence-corrected chi connectivity index (χ0v) is 12.1. The van der Waals surface area contributed by atoms with Gasteiger partial charge in [-0.3, -0.25) is 0 Å². The summed E-state index contributed by atoms with van der Waals surface area (Å²) in [5.41, 5.74) is 0. The highest BCUT2D eigenvalue weighted by Gasteiger charge is 2.13. The van der Waals surface area contributed by atoms with E-state index in [1.54, 1.807) is 12.5 Å². The quantitative estimate of drug-likeness (QED) is 0.822. The highest BCUT2D eigenvalue weighted by Crippen LogP contribution is 2.19. The zero-order valence-electron chi connectivity index (χ0n) is 12.1. The van der Waals surface area contributed by atoms with Gasteiger partial charge in [0, 0.05) is 6.04 Å². The highest BCUT2D eigenvalue weighted by molar-refractivity contribution is 5.37. The number of nitrogens with one attached hydrogen (secondary N) is 2. The van der Waals surface area contributed by atoms with Crippen molar-refractivity contribution in [3.8, 4) is 0 Å². The smallest absolute Gasteiger partial charge is 0.244 e. The Morgan fingerprint density at radius 2 is 2.05 bits per heavy atom. The Kier molecular flexibility index (Phi) is 4.66. The number of furan rings is 1. The van der Waals surface area contributed by atoms with E-state index in [1.807, 2.05) is 12.1 Å². The van der Waals surface area contributed by atoms with Gasteiger partial charge in [-0.2, -0.15) is 10.1 Å². The van der Waals surface area contributed by atoms with Crippen molar-refractivity contribution in [2.24, 2.45) is 0 Å². The maximum atomic E-state index is 5.28. The summed E-state index contributed by atoms with van der Waals surface area (Å²) in [6.07, 6.45) is 10.9. The van der Waals surface area contributed by atoms with Gasteiger partial charge in [-0.05, 0) is 25.0 Å². The van der Waals surface area contributed by atoms with E-state index in [9.17, 15) is 0 Å². The molecule has 0 amide bonds. The van der Waals surface area contributed by atoms with Gasteiger partial charge in [0.15, 0.2) is 5.82 Å². The van der Waals surface area contributed by atoms with Gasteiger partial charge in [-0.15, -0.1) is 5.10 Å². The van der Waals surface area contributed by atoms with E-state index in [4.69, 9.17) is 4.42 Å². The van der Waals surface area contributed by atoms with Crippen LogP contribution >= 0.6 is 0 Å². The molecule has 1 aliphatic rings. The van der Waals surface area contributed by atoms with Crippen molar-refractivity contribution < 1.29 is 4.42 Å². The molecule has 1 saturated carbocycles. The molecule has 0 radical (unpaired) electrons. The second-order valence-electron chi connectivity index (χ2n) is 5.43. The fourth-order valence-electron chi connectivity index (χ4n) is 2.65. The highest BCUT2D eigenvalue weighted by atomic mass is 16.3. The SMILES string of the molecule is c1coc(CNc2cnnc(NC3CCCCCC3)n2)c1. The molecule has 0 saturated heterocycles. The van der Waals surface area contributed by atoms with E-state index < -0.39 is 0 Å². The van der Waals surface area contributed by atoms with Crippen molar-refractivity contribution in [3.63, 3.8) is 0 Å². The van der Waals surface area contributed by atoms with Crippen LogP contribution in [-0.4, -0.2) is 21.2 Å². The van der Waals surface area contributed by atoms with Crippen LogP contribution in [0.4, 0.5) is 11.8 Å². The number of nitrogens with zero attached hydrogens (tertiary/aromatic N) is 3. The third-order valence-electron chi connectivity index (χ3n) is 3.77. The average molecular weight is 287 g/mol. The van der Waals surface area contributed by atoms with Crippen LogP contribution in [0.25, 0.3) is 0 Å². The fraction of sp³-hybridized carbons (Fsp3) is 0.533. The molecule has 6 heteroatoms. The van der Waals surface area contributed by atoms with Crippen molar-refractivity contribution in [1.29, 1.82) is 0 Å². The molecular formula is C15H21N5O. The lowest BCUT2D eigenvalue weighted by atomic mass is 10.1. The van der Waals surface area contributed by atoms with Crippen LogP contribution < -0.4 is 10.6 Å². The first-order chi connectivity index (χ1) is 10.4. The summed E-state index contributed by atoms with van der Waals surface area (Å²) < 4.78 is 5.28. The van der Waals surface area contributed by atoms with E-state index in [0.717, 1.165) is 5.76 Å². The van der Waals surface area contributed by atoms with Crippen LogP contribution in [-0.2, 0) is 6.54 Å². The van der Waals surface area contributed by atoms with E-state index in [-0.39, 0.29) is 0 Å². The summed E-state index contributed by atoms with van der Waals surface area (Å²) in [7, 11) is 0. The Hall–Kier alpha value is -2.11. The molecule has 21 heavy (non-hydrogen) atoms. The lowest BCUT2D eigenvalue weighted by molar-refractivity contribution is 0.517. The van der Waals surface area contributed by atoms with Crippen LogP contribution in [0.1, 0.15) is 44.3 Å². The summed E-state index contributed by atoms with van der Waals surface area (Å²) in [5.74, 6) is 2.18. The molecule has 0 aromatic carbocycles. The van der Waals surface area contributed by atoms with E-state index in [0.29, 0.717) is 24.4 Å². The van der Waals surface area contributed by atoms with Crippen molar-refractivity contribution in [2.45, 2.75) is 51.1 Å². The van der Waals surface area contributed by atoms with Crippen LogP contribution in [0.2, 0.25) is 0 Å². The fourth-order valence-corrected chi connectivity index (χ4v) is 2.65. The van der Waals surface area contributed by atoms with Crippen LogP contribution in [0.5, 0.6) is 0 Å². The third-order valence-corrected chi connectivity index (χ3v) is 3.77. The Morgan fingerprint density at radius 3 is 2.81 bits per heavy atom. The first-order valence-electron chi connectivity index (χ1n) is 7.63. The second kappa shape index (κ2) is 7.06. The van der Waals surface area contributed by atoms with Crippen molar-refractivity contribution in [1.82, 2.24) is 15.2 Å². The molecule has 2 aromatic rings. The van der Waals surface area contributed by atoms with Crippen molar-refractivity contribution >= 4 is 11.8 Å². The molecule has 0 atom stereocenters. The number of rotatable bonds is 5. The molecule has 2 N–H and O–H groups in total. The Bertz CT molecular complexity index is 535. The lowest BCUT2D eigenvalue weighted by Gasteiger charge is -2.15. The van der Waals surface area contributed by atoms with Gasteiger partial charge >= 0.3 is 0 Å². The predicted octanol–water partition coefficient (Wildman–Crippen LogP) is 3.21. The summed E-state index contributed by atoms with van der Waals surface area (Å²) in [6.45, 7) is 0.592. The minimum Gasteiger partial charge on any atom is -0.467 e. The number of anilines is 2. The van der Waals surface area contributed by atoms with Gasteiger partial charge in [0.05, 0.1) is 19.0 Å². The topological polar surface area (TPSA) is 75.9 Å². The third kappa shape index (κ3) is 4.18. The van der Waals surface area contributed by atoms with E-state index in [2.05, 4.69) is 25.8 Å². The second-order valence-corrected chi connectivity index (χ2v) is 5.43. The van der Waals surface area contributed by atoms with E-state index in [1.165, 1.54) is 38.5 Å². The monoisotopic (exact) mass is 287 g/mol. The van der Waals surface area contributed by atoms with Gasteiger partial charge in [-0.25, -0.2) is 0 Å². The zero-order chi connectivity index (χ0) is 14.3. The molecular weight excluding hydrogens is 266 g/mol. The summed E-state index contributed by atoms with van der Waals surface area (Å²) >= 11 is 0. The van der Waals surface area contributed by atoms with Gasteiger partial charge in [0.25, 0.3) is 0 Å². The molecule has 6 nitrogen and oxygen atoms in total. The maximum absolute atomic E-state index is 5.28. The Labute approximate surface area is 124 Å². The minimum absolute atomic E-state index is 0.467. The Morgan fingerprint density at radius 1 is 1.19 bits per heavy atom. The molecule has 2 heterocycles. The number of hydrogen-bond acceptors (Lipinski definition) is 6. The molecule has 1 fully saturated rings. The van der Waals surface area contributed by atoms with Crippen molar-refractivity contribution in [2.75, 3.05) is 10.6 Å². The standard InChI is InChI=1S/C15H21N5O/c1-2-4-7-12(6-3-1)18-15-19-14(11-17-20-15)16-10-13-8-5-9-21-13/h5,8-9,11-12H,1-4,6-7,10H2,(H2,16,18,19,20). The van der Waals surface area contributed by atoms with Crippen LogP contribution in [0.3, 0.4) is 0 Å². The van der Waals surface area contributed by atoms with Crippen LogP contribution in [0, 0.1) is 0 Å². The molecule has 0 spiro atoms. The maximum Gasteiger partial charge on any atom is 0.244 e. The molecule has 0 aliphatic heterocycles. The molecule has 2 aromatic heterocycles. The first-order valence-corrected chi connectivity index (χ1v) is 7.63. The van der Waals surface area contributed by atoms with Gasteiger partial charge in [-0.1, -0.05) is 25.7 Å². The largest absolute Gasteiger partial charge is 0.467 e. The van der Waals surface area contributed by atoms with Crippen LogP contribution in [0.15, 0.2) is 29.0 Å². The number of hydrogen-bond donors (Lipinski definition) is 2. The summed E-state index contributed by atoms with van der Waals surface area (Å²) in [6, 6.07) is 4.26. The minimum atomic E-state index is 0.467. The molecule has 3 rings (SSSR count). The first kappa shape index (κ1) is 13.9. The molecule has 1 aliphatic carbocycles. The van der Waals surface area contributed by atoms with E-state index >= 15 is 0 Å². The predicted molar refractivity (Wildman–Crippen MR) is 81.0 cm³/mol. The van der Waals surface area contributed by atoms with Gasteiger partial charge in [0.2, 0.25) is 5.95 Å². The average Bonchev–Trinajstić information content (AvgIpc) is 2.90. The van der Waals surface area contributed by atoms with Crippen molar-refractivity contribution in [3.05, 3.63) is 30.4 Å². The normalized spacial score (nSPS) is 16.4. The van der Waals surface area contributed by atoms with Gasteiger partial charge in [0.1, 0.15) is 5.76 Å². The molecule has 0 unspecified atom stereocenters.